The first kappa shape index (κ1) is 19.1. The lowest BCUT2D eigenvalue weighted by Gasteiger charge is -2.29. The maximum absolute atomic E-state index is 13.2. The zero-order chi connectivity index (χ0) is 20.4. The molecule has 1 aliphatic heterocycles. The zero-order valence-corrected chi connectivity index (χ0v) is 16.3. The van der Waals surface area contributed by atoms with Crippen LogP contribution in [0.4, 0.5) is 10.2 Å². The van der Waals surface area contributed by atoms with Gasteiger partial charge < -0.3 is 15.4 Å². The van der Waals surface area contributed by atoms with E-state index in [0.29, 0.717) is 23.9 Å². The van der Waals surface area contributed by atoms with E-state index in [4.69, 9.17) is 27.3 Å². The van der Waals surface area contributed by atoms with Crippen molar-refractivity contribution in [1.29, 1.82) is 5.26 Å². The van der Waals surface area contributed by atoms with Crippen LogP contribution in [0.2, 0.25) is 5.02 Å². The first-order valence-electron chi connectivity index (χ1n) is 9.26. The summed E-state index contributed by atoms with van der Waals surface area (Å²) in [5.41, 5.74) is 7.83. The van der Waals surface area contributed by atoms with Gasteiger partial charge in [0, 0.05) is 18.2 Å². The lowest BCUT2D eigenvalue weighted by atomic mass is 10.1. The fourth-order valence-corrected chi connectivity index (χ4v) is 3.67. The maximum atomic E-state index is 13.2. The Balaban J connectivity index is 1.51. The van der Waals surface area contributed by atoms with Crippen molar-refractivity contribution < 1.29 is 9.13 Å². The molecule has 1 saturated heterocycles. The molecule has 4 rings (SSSR count). The minimum Gasteiger partial charge on any atom is -0.456 e. The third-order valence-corrected chi connectivity index (χ3v) is 5.22. The van der Waals surface area contributed by atoms with Crippen molar-refractivity contribution in [3.63, 3.8) is 0 Å². The SMILES string of the molecule is N#CN1CCCC(n2nc(-c3ccc(Oc4ccc(F)cc4Cl)cc3)cc2N)C1. The van der Waals surface area contributed by atoms with E-state index in [2.05, 4.69) is 11.3 Å². The Morgan fingerprint density at radius 1 is 1.21 bits per heavy atom. The zero-order valence-electron chi connectivity index (χ0n) is 15.6. The van der Waals surface area contributed by atoms with Gasteiger partial charge in [-0.3, -0.25) is 0 Å². The van der Waals surface area contributed by atoms with E-state index in [-0.39, 0.29) is 11.1 Å². The summed E-state index contributed by atoms with van der Waals surface area (Å²) in [4.78, 5) is 1.74. The molecule has 0 aliphatic carbocycles. The van der Waals surface area contributed by atoms with Crippen molar-refractivity contribution in [2.75, 3.05) is 18.8 Å². The minimum absolute atomic E-state index is 0.0837. The Kier molecular flexibility index (Phi) is 5.28. The molecular formula is C21H19ClFN5O. The number of nitrogens with zero attached hydrogens (tertiary/aromatic N) is 4. The van der Waals surface area contributed by atoms with E-state index in [0.717, 1.165) is 30.6 Å². The van der Waals surface area contributed by atoms with Gasteiger partial charge in [-0.15, -0.1) is 0 Å². The van der Waals surface area contributed by atoms with Crippen molar-refractivity contribution in [3.8, 4) is 28.9 Å². The second-order valence-electron chi connectivity index (χ2n) is 6.94. The van der Waals surface area contributed by atoms with Crippen LogP contribution in [-0.4, -0.2) is 27.8 Å². The average molecular weight is 412 g/mol. The van der Waals surface area contributed by atoms with E-state index in [1.165, 1.54) is 18.2 Å². The Morgan fingerprint density at radius 3 is 2.72 bits per heavy atom. The molecule has 8 heteroatoms. The summed E-state index contributed by atoms with van der Waals surface area (Å²) in [6.45, 7) is 1.40. The van der Waals surface area contributed by atoms with Crippen molar-refractivity contribution in [1.82, 2.24) is 14.7 Å². The molecule has 148 valence electrons. The summed E-state index contributed by atoms with van der Waals surface area (Å²) < 4.78 is 20.7. The number of piperidine rings is 1. The van der Waals surface area contributed by atoms with Crippen LogP contribution in [0.1, 0.15) is 18.9 Å². The molecule has 1 aromatic heterocycles. The van der Waals surface area contributed by atoms with Crippen LogP contribution in [-0.2, 0) is 0 Å². The van der Waals surface area contributed by atoms with E-state index < -0.39 is 5.82 Å². The Morgan fingerprint density at radius 2 is 2.00 bits per heavy atom. The summed E-state index contributed by atoms with van der Waals surface area (Å²) in [5, 5.41) is 14.0. The molecule has 0 radical (unpaired) electrons. The van der Waals surface area contributed by atoms with Gasteiger partial charge in [-0.2, -0.15) is 10.4 Å². The lowest BCUT2D eigenvalue weighted by Crippen LogP contribution is -2.34. The highest BCUT2D eigenvalue weighted by atomic mass is 35.5. The number of nitrogen functional groups attached to an aromatic ring is 1. The molecule has 1 unspecified atom stereocenters. The van der Waals surface area contributed by atoms with Crippen molar-refractivity contribution >= 4 is 17.4 Å². The Labute approximate surface area is 172 Å². The number of rotatable bonds is 4. The smallest absolute Gasteiger partial charge is 0.179 e. The molecular weight excluding hydrogens is 393 g/mol. The average Bonchev–Trinajstić information content (AvgIpc) is 3.12. The third-order valence-electron chi connectivity index (χ3n) is 4.92. The van der Waals surface area contributed by atoms with Gasteiger partial charge in [-0.05, 0) is 55.3 Å². The fraction of sp³-hybridized carbons (Fsp3) is 0.238. The van der Waals surface area contributed by atoms with Gasteiger partial charge in [-0.1, -0.05) is 11.6 Å². The monoisotopic (exact) mass is 411 g/mol. The summed E-state index contributed by atoms with van der Waals surface area (Å²) in [6, 6.07) is 13.2. The van der Waals surface area contributed by atoms with Crippen LogP contribution in [0.5, 0.6) is 11.5 Å². The molecule has 2 N–H and O–H groups in total. The van der Waals surface area contributed by atoms with Gasteiger partial charge in [-0.25, -0.2) is 9.07 Å². The van der Waals surface area contributed by atoms with Gasteiger partial charge >= 0.3 is 0 Å². The van der Waals surface area contributed by atoms with E-state index >= 15 is 0 Å². The molecule has 0 bridgehead atoms. The van der Waals surface area contributed by atoms with Crippen LogP contribution in [0.15, 0.2) is 48.5 Å². The van der Waals surface area contributed by atoms with Gasteiger partial charge in [0.1, 0.15) is 23.1 Å². The van der Waals surface area contributed by atoms with Gasteiger partial charge in [0.05, 0.1) is 23.3 Å². The van der Waals surface area contributed by atoms with E-state index in [1.54, 1.807) is 17.0 Å². The summed E-state index contributed by atoms with van der Waals surface area (Å²) in [7, 11) is 0. The molecule has 0 spiro atoms. The largest absolute Gasteiger partial charge is 0.456 e. The highest BCUT2D eigenvalue weighted by molar-refractivity contribution is 6.32. The van der Waals surface area contributed by atoms with Gasteiger partial charge in [0.15, 0.2) is 6.19 Å². The van der Waals surface area contributed by atoms with Crippen LogP contribution in [0.3, 0.4) is 0 Å². The molecule has 1 atom stereocenters. The Bertz CT molecular complexity index is 1060. The number of ether oxygens (including phenoxy) is 1. The molecule has 29 heavy (non-hydrogen) atoms. The summed E-state index contributed by atoms with van der Waals surface area (Å²) in [5.74, 6) is 1.12. The van der Waals surface area contributed by atoms with Gasteiger partial charge in [0.25, 0.3) is 0 Å². The highest BCUT2D eigenvalue weighted by Crippen LogP contribution is 2.32. The first-order valence-corrected chi connectivity index (χ1v) is 9.64. The number of benzene rings is 2. The first-order chi connectivity index (χ1) is 14.0. The van der Waals surface area contributed by atoms with Crippen LogP contribution < -0.4 is 10.5 Å². The predicted octanol–water partition coefficient (Wildman–Crippen LogP) is 4.84. The minimum atomic E-state index is -0.415. The van der Waals surface area contributed by atoms with Gasteiger partial charge in [0.2, 0.25) is 0 Å². The van der Waals surface area contributed by atoms with Crippen molar-refractivity contribution in [2.45, 2.75) is 18.9 Å². The summed E-state index contributed by atoms with van der Waals surface area (Å²) >= 11 is 6.01. The van der Waals surface area contributed by atoms with Crippen molar-refractivity contribution in [2.24, 2.45) is 0 Å². The number of halogens is 2. The van der Waals surface area contributed by atoms with Crippen LogP contribution in [0.25, 0.3) is 11.3 Å². The van der Waals surface area contributed by atoms with E-state index in [1.807, 2.05) is 22.9 Å². The number of anilines is 1. The quantitative estimate of drug-likeness (QED) is 0.621. The molecule has 1 fully saturated rings. The lowest BCUT2D eigenvalue weighted by molar-refractivity contribution is 0.235. The number of nitrogens with two attached hydrogens (primary N) is 1. The number of nitriles is 1. The second-order valence-corrected chi connectivity index (χ2v) is 7.35. The Hall–Kier alpha value is -3.24. The van der Waals surface area contributed by atoms with Crippen LogP contribution >= 0.6 is 11.6 Å². The molecule has 6 nitrogen and oxygen atoms in total. The third kappa shape index (κ3) is 4.13. The van der Waals surface area contributed by atoms with E-state index in [9.17, 15) is 4.39 Å². The van der Waals surface area contributed by atoms with Crippen LogP contribution in [0, 0.1) is 17.3 Å². The standard InChI is InChI=1S/C21H19ClFN5O/c22-18-10-15(23)5-8-20(18)29-17-6-3-14(4-7-17)19-11-21(25)28(26-19)16-2-1-9-27(12-16)13-24/h3-8,10-11,16H,1-2,9,12,25H2. The molecule has 0 amide bonds. The molecule has 0 saturated carbocycles. The highest BCUT2D eigenvalue weighted by Gasteiger charge is 2.23. The fourth-order valence-electron chi connectivity index (χ4n) is 3.47. The number of likely N-dealkylation sites (tertiary alicyclic amines) is 1. The van der Waals surface area contributed by atoms with Crippen molar-refractivity contribution in [3.05, 3.63) is 59.4 Å². The molecule has 3 aromatic rings. The number of hydrogen-bond acceptors (Lipinski definition) is 5. The maximum Gasteiger partial charge on any atom is 0.179 e. The number of aromatic nitrogens is 2. The normalized spacial score (nSPS) is 16.4. The predicted molar refractivity (Wildman–Crippen MR) is 109 cm³/mol. The molecule has 2 aromatic carbocycles. The molecule has 1 aliphatic rings. The second kappa shape index (κ2) is 8.02. The molecule has 2 heterocycles. The number of hydrogen-bond donors (Lipinski definition) is 1. The summed E-state index contributed by atoms with van der Waals surface area (Å²) in [6.07, 6.45) is 4.08. The topological polar surface area (TPSA) is 80.1 Å².